The Morgan fingerprint density at radius 1 is 1.13 bits per heavy atom. The van der Waals surface area contributed by atoms with E-state index in [1.165, 1.54) is 11.1 Å². The predicted octanol–water partition coefficient (Wildman–Crippen LogP) is 3.78. The van der Waals surface area contributed by atoms with E-state index in [4.69, 9.17) is 0 Å². The molecule has 0 amide bonds. The fourth-order valence-electron chi connectivity index (χ4n) is 1.13. The second kappa shape index (κ2) is 6.52. The van der Waals surface area contributed by atoms with Crippen LogP contribution < -0.4 is 0 Å². The summed E-state index contributed by atoms with van der Waals surface area (Å²) in [6.07, 6.45) is 4.16. The number of rotatable bonds is 1. The molecule has 2 rings (SSSR count). The van der Waals surface area contributed by atoms with E-state index in [-0.39, 0.29) is 28.2 Å². The van der Waals surface area contributed by atoms with Crippen LogP contribution >= 0.6 is 20.7 Å². The van der Waals surface area contributed by atoms with E-state index >= 15 is 0 Å². The van der Waals surface area contributed by atoms with Crippen molar-refractivity contribution in [3.63, 3.8) is 0 Å². The van der Waals surface area contributed by atoms with Gasteiger partial charge < -0.3 is 13.2 Å². The molecular formula is C13H11ILr-2. The largest absolute Gasteiger partial charge is 0.358 e. The van der Waals surface area contributed by atoms with Crippen LogP contribution in [0.15, 0.2) is 48.2 Å². The number of allylic oxidation sites excluding steroid dienone is 3. The van der Waals surface area contributed by atoms with Gasteiger partial charge in [-0.05, 0) is 9.58 Å². The second-order valence-electron chi connectivity index (χ2n) is 2.61. The molecule has 0 aromatic heterocycles. The van der Waals surface area contributed by atoms with Crippen LogP contribution in [0.5, 0.6) is 0 Å². The molecule has 0 nitrogen and oxygen atoms in total. The van der Waals surface area contributed by atoms with Crippen LogP contribution in [0.25, 0.3) is 5.57 Å². The Morgan fingerprint density at radius 2 is 1.87 bits per heavy atom. The van der Waals surface area contributed by atoms with Gasteiger partial charge in [0.05, 0.1) is 0 Å². The van der Waals surface area contributed by atoms with Crippen LogP contribution in [0.2, 0.25) is 0 Å². The Labute approximate surface area is 95.4 Å². The molecule has 1 heterocycles. The standard InChI is InChI=1S/C12H8I.CH3.Lr/c1-2-5-11(6-3-1)12-7-4-9-13-10-8-12;;/h1-3,5-8,10H;1H3;/q2*-1;. The Balaban J connectivity index is 0.000000980. The van der Waals surface area contributed by atoms with Gasteiger partial charge in [-0.1, -0.05) is 42.0 Å². The van der Waals surface area contributed by atoms with Gasteiger partial charge in [0.25, 0.3) is 0 Å². The molecule has 1 aromatic rings. The summed E-state index contributed by atoms with van der Waals surface area (Å²) in [6, 6.07) is 10.4. The first-order chi connectivity index (χ1) is 6.47. The quantitative estimate of drug-likeness (QED) is 0.281. The van der Waals surface area contributed by atoms with Crippen LogP contribution in [0.1, 0.15) is 5.56 Å². The zero-order valence-electron chi connectivity index (χ0n) is 8.25. The SMILES string of the molecule is C1=[C-]I=CC=C(c2ccccc2)C=1.[CH3-].[Lr]. The minimum atomic E-state index is -0.0257. The van der Waals surface area contributed by atoms with Crippen LogP contribution in [0, 0.1) is 11.5 Å². The van der Waals surface area contributed by atoms with Crippen LogP contribution in [0.4, 0.5) is 0 Å². The first-order valence-electron chi connectivity index (χ1n) is 4.02. The third-order valence-electron chi connectivity index (χ3n) is 1.75. The topological polar surface area (TPSA) is 0 Å². The summed E-state index contributed by atoms with van der Waals surface area (Å²) in [7, 11) is 0. The van der Waals surface area contributed by atoms with Crippen molar-refractivity contribution in [1.29, 1.82) is 0 Å². The Kier molecular flexibility index (Phi) is 5.69. The molecule has 1 aliphatic heterocycles. The molecule has 15 heavy (non-hydrogen) atoms. The van der Waals surface area contributed by atoms with E-state index in [1.54, 1.807) is 0 Å². The molecule has 0 saturated carbocycles. The van der Waals surface area contributed by atoms with Gasteiger partial charge in [0, 0.05) is 0 Å². The van der Waals surface area contributed by atoms with Crippen molar-refractivity contribution in [2.24, 2.45) is 0 Å². The van der Waals surface area contributed by atoms with Crippen molar-refractivity contribution < 1.29 is 0 Å². The van der Waals surface area contributed by atoms with Crippen molar-refractivity contribution in [2.75, 3.05) is 0 Å². The maximum atomic E-state index is 3.14. The predicted molar refractivity (Wildman–Crippen MR) is 72.2 cm³/mol. The molecule has 2 heteroatoms. The molecule has 1 aliphatic rings. The Bertz CT molecular complexity index is 409. The summed E-state index contributed by atoms with van der Waals surface area (Å²) in [6.45, 7) is 0. The fourth-order valence-corrected chi connectivity index (χ4v) is 2.21. The summed E-state index contributed by atoms with van der Waals surface area (Å²) in [4.78, 5) is 0. The van der Waals surface area contributed by atoms with E-state index in [0.717, 1.165) is 0 Å². The minimum absolute atomic E-state index is 0. The van der Waals surface area contributed by atoms with Crippen molar-refractivity contribution in [1.82, 2.24) is 0 Å². The maximum Gasteiger partial charge on any atom is 0 e. The smallest absolute Gasteiger partial charge is 0 e. The zero-order chi connectivity index (χ0) is 8.93. The first-order valence-corrected chi connectivity index (χ1v) is 6.34. The second-order valence-corrected chi connectivity index (χ2v) is 4.49. The summed E-state index contributed by atoms with van der Waals surface area (Å²) >= 11 is -0.0257. The molecule has 0 spiro atoms. The Hall–Kier alpha value is -1.92. The molecule has 1 aromatic carbocycles. The molecule has 0 atom stereocenters. The third kappa shape index (κ3) is 3.37. The first kappa shape index (κ1) is 13.1. The summed E-state index contributed by atoms with van der Waals surface area (Å²) in [5, 5.41) is 0. The monoisotopic (exact) mass is 556 g/mol. The Morgan fingerprint density at radius 3 is 2.60 bits per heavy atom. The number of halogens is 1. The van der Waals surface area contributed by atoms with E-state index in [2.05, 4.69) is 44.2 Å². The third-order valence-corrected chi connectivity index (χ3v) is 3.09. The van der Waals surface area contributed by atoms with Gasteiger partial charge in [-0.2, -0.15) is 10.2 Å². The molecule has 1 radical (unpaired) electrons. The maximum absolute atomic E-state index is 3.14. The van der Waals surface area contributed by atoms with Gasteiger partial charge in [-0.25, -0.2) is 20.7 Å². The van der Waals surface area contributed by atoms with Crippen molar-refractivity contribution in [2.45, 2.75) is 0 Å². The van der Waals surface area contributed by atoms with Gasteiger partial charge in [0.2, 0.25) is 0 Å². The van der Waals surface area contributed by atoms with E-state index < -0.39 is 0 Å². The van der Waals surface area contributed by atoms with Crippen LogP contribution in [0.3, 0.4) is 0 Å². The number of benzene rings is 1. The average molecular weight is 556 g/mol. The van der Waals surface area contributed by atoms with Gasteiger partial charge in [0.15, 0.2) is 0 Å². The van der Waals surface area contributed by atoms with Gasteiger partial charge in [-0.15, -0.1) is 0 Å². The van der Waals surface area contributed by atoms with Crippen molar-refractivity contribution in [3.05, 3.63) is 65.3 Å². The fraction of sp³-hybridized carbons (Fsp3) is 0. The number of hydrogen-bond donors (Lipinski definition) is 0. The number of hydrogen-bond acceptors (Lipinski definition) is 0. The van der Waals surface area contributed by atoms with Gasteiger partial charge >= 0.3 is 0 Å². The van der Waals surface area contributed by atoms with Gasteiger partial charge in [-0.3, -0.25) is 0 Å². The van der Waals surface area contributed by atoms with E-state index in [0.29, 0.717) is 0 Å². The van der Waals surface area contributed by atoms with Crippen LogP contribution in [-0.4, -0.2) is 4.01 Å². The molecule has 0 aliphatic carbocycles. The summed E-state index contributed by atoms with van der Waals surface area (Å²) < 4.78 is 5.35. The van der Waals surface area contributed by atoms with Crippen LogP contribution in [-0.2, 0) is 0 Å². The molecular weight excluding hydrogens is 545 g/mol. The molecule has 0 saturated heterocycles. The molecule has 0 unspecified atom stereocenters. The van der Waals surface area contributed by atoms with E-state index in [1.807, 2.05) is 12.1 Å². The summed E-state index contributed by atoms with van der Waals surface area (Å²) in [5.74, 6) is 0. The van der Waals surface area contributed by atoms with Gasteiger partial charge in [0.1, 0.15) is 0 Å². The molecule has 0 fully saturated rings. The zero-order valence-corrected chi connectivity index (χ0v) is 12.6. The van der Waals surface area contributed by atoms with E-state index in [9.17, 15) is 0 Å². The van der Waals surface area contributed by atoms with Crippen molar-refractivity contribution >= 4 is 30.3 Å². The summed E-state index contributed by atoms with van der Waals surface area (Å²) in [5.41, 5.74) is 5.55. The normalized spacial score (nSPS) is 12.7. The molecule has 0 bridgehead atoms. The average Bonchev–Trinajstić information content (AvgIpc) is 2.47. The molecule has 0 N–H and O–H groups in total. The van der Waals surface area contributed by atoms with Crippen molar-refractivity contribution in [3.8, 4) is 0 Å². The molecule has 87 valence electrons. The minimum Gasteiger partial charge on any atom is -0.358 e.